The number of amides is 3. The van der Waals surface area contributed by atoms with Gasteiger partial charge in [-0.2, -0.15) is 0 Å². The Hall–Kier alpha value is -2.89. The van der Waals surface area contributed by atoms with Gasteiger partial charge in [0.1, 0.15) is 5.69 Å². The second-order valence-electron chi connectivity index (χ2n) is 4.77. The van der Waals surface area contributed by atoms with Gasteiger partial charge in [-0.25, -0.2) is 9.78 Å². The second-order valence-corrected chi connectivity index (χ2v) is 4.77. The molecule has 0 aliphatic heterocycles. The van der Waals surface area contributed by atoms with E-state index in [2.05, 4.69) is 27.8 Å². The number of nitrogens with one attached hydrogen (secondary N) is 2. The predicted molar refractivity (Wildman–Crippen MR) is 84.5 cm³/mol. The van der Waals surface area contributed by atoms with Crippen molar-refractivity contribution in [2.45, 2.75) is 12.8 Å². The Labute approximate surface area is 128 Å². The zero-order valence-electron chi connectivity index (χ0n) is 12.1. The standard InChI is InChI=1S/C16H18N4O2/c17-16(22)20-13-8-9-14(19-11-13)15(21)18-10-4-7-12-5-2-1-3-6-12/h1-3,5-6,8-9,11H,4,7,10H2,(H,18,21)(H3,17,20,22). The van der Waals surface area contributed by atoms with Crippen LogP contribution in [-0.4, -0.2) is 23.5 Å². The number of aromatic nitrogens is 1. The van der Waals surface area contributed by atoms with Gasteiger partial charge in [0, 0.05) is 6.54 Å². The molecule has 6 nitrogen and oxygen atoms in total. The first-order valence-corrected chi connectivity index (χ1v) is 7.00. The average Bonchev–Trinajstić information content (AvgIpc) is 2.52. The molecule has 0 aliphatic carbocycles. The molecule has 0 atom stereocenters. The molecule has 0 spiro atoms. The zero-order chi connectivity index (χ0) is 15.8. The average molecular weight is 298 g/mol. The third-order valence-corrected chi connectivity index (χ3v) is 3.03. The van der Waals surface area contributed by atoms with E-state index in [0.29, 0.717) is 17.9 Å². The topological polar surface area (TPSA) is 97.1 Å². The van der Waals surface area contributed by atoms with Crippen LogP contribution in [0.2, 0.25) is 0 Å². The van der Waals surface area contributed by atoms with Gasteiger partial charge in [-0.3, -0.25) is 4.79 Å². The Morgan fingerprint density at radius 2 is 1.86 bits per heavy atom. The largest absolute Gasteiger partial charge is 0.351 e. The number of hydrogen-bond donors (Lipinski definition) is 3. The van der Waals surface area contributed by atoms with Crippen molar-refractivity contribution >= 4 is 17.6 Å². The molecule has 0 saturated carbocycles. The van der Waals surface area contributed by atoms with E-state index in [9.17, 15) is 9.59 Å². The molecule has 4 N–H and O–H groups in total. The van der Waals surface area contributed by atoms with Crippen LogP contribution in [0.5, 0.6) is 0 Å². The van der Waals surface area contributed by atoms with E-state index < -0.39 is 6.03 Å². The molecule has 1 aromatic heterocycles. The van der Waals surface area contributed by atoms with E-state index in [4.69, 9.17) is 5.73 Å². The lowest BCUT2D eigenvalue weighted by Gasteiger charge is -2.06. The van der Waals surface area contributed by atoms with Crippen LogP contribution >= 0.6 is 0 Å². The molecule has 2 aromatic rings. The Morgan fingerprint density at radius 3 is 2.50 bits per heavy atom. The molecule has 0 aliphatic rings. The summed E-state index contributed by atoms with van der Waals surface area (Å²) in [6.45, 7) is 0.580. The highest BCUT2D eigenvalue weighted by molar-refractivity contribution is 5.93. The summed E-state index contributed by atoms with van der Waals surface area (Å²) in [5.41, 5.74) is 6.99. The van der Waals surface area contributed by atoms with Crippen molar-refractivity contribution < 1.29 is 9.59 Å². The highest BCUT2D eigenvalue weighted by atomic mass is 16.2. The molecule has 1 heterocycles. The summed E-state index contributed by atoms with van der Waals surface area (Å²) in [5.74, 6) is -0.237. The lowest BCUT2D eigenvalue weighted by Crippen LogP contribution is -2.26. The Bertz CT molecular complexity index is 626. The van der Waals surface area contributed by atoms with Crippen LogP contribution in [0.1, 0.15) is 22.5 Å². The van der Waals surface area contributed by atoms with E-state index in [1.807, 2.05) is 18.2 Å². The summed E-state index contributed by atoms with van der Waals surface area (Å²) >= 11 is 0. The number of carbonyl (C=O) groups is 2. The molecule has 0 fully saturated rings. The first-order valence-electron chi connectivity index (χ1n) is 7.00. The molecule has 0 saturated heterocycles. The number of anilines is 1. The van der Waals surface area contributed by atoms with Gasteiger partial charge in [-0.15, -0.1) is 0 Å². The van der Waals surface area contributed by atoms with Crippen LogP contribution in [-0.2, 0) is 6.42 Å². The van der Waals surface area contributed by atoms with E-state index in [1.165, 1.54) is 17.8 Å². The van der Waals surface area contributed by atoms with Crippen molar-refractivity contribution in [3.63, 3.8) is 0 Å². The first-order chi connectivity index (χ1) is 10.6. The maximum absolute atomic E-state index is 11.9. The molecule has 2 rings (SSSR count). The van der Waals surface area contributed by atoms with Gasteiger partial charge >= 0.3 is 6.03 Å². The highest BCUT2D eigenvalue weighted by Gasteiger charge is 2.06. The summed E-state index contributed by atoms with van der Waals surface area (Å²) < 4.78 is 0. The predicted octanol–water partition coefficient (Wildman–Crippen LogP) is 1.93. The number of pyridine rings is 1. The van der Waals surface area contributed by atoms with Crippen LogP contribution in [0.15, 0.2) is 48.7 Å². The van der Waals surface area contributed by atoms with Crippen molar-refractivity contribution in [1.82, 2.24) is 10.3 Å². The fourth-order valence-electron chi connectivity index (χ4n) is 1.97. The molecule has 22 heavy (non-hydrogen) atoms. The summed E-state index contributed by atoms with van der Waals surface area (Å²) in [4.78, 5) is 26.6. The van der Waals surface area contributed by atoms with Crippen molar-refractivity contribution in [1.29, 1.82) is 0 Å². The molecular formula is C16H18N4O2. The quantitative estimate of drug-likeness (QED) is 0.711. The fraction of sp³-hybridized carbons (Fsp3) is 0.188. The molecule has 114 valence electrons. The van der Waals surface area contributed by atoms with Crippen LogP contribution in [0, 0.1) is 0 Å². The van der Waals surface area contributed by atoms with Crippen molar-refractivity contribution in [2.75, 3.05) is 11.9 Å². The summed E-state index contributed by atoms with van der Waals surface area (Å²) in [6.07, 6.45) is 3.16. The summed E-state index contributed by atoms with van der Waals surface area (Å²) in [6, 6.07) is 12.6. The van der Waals surface area contributed by atoms with Gasteiger partial charge in [-0.1, -0.05) is 30.3 Å². The maximum atomic E-state index is 11.9. The minimum absolute atomic E-state index is 0.237. The molecule has 0 unspecified atom stereocenters. The molecule has 1 aromatic carbocycles. The number of nitrogens with zero attached hydrogens (tertiary/aromatic N) is 1. The SMILES string of the molecule is NC(=O)Nc1ccc(C(=O)NCCCc2ccccc2)nc1. The molecule has 0 bridgehead atoms. The molecule has 0 radical (unpaired) electrons. The molecular weight excluding hydrogens is 280 g/mol. The van der Waals surface area contributed by atoms with E-state index in [-0.39, 0.29) is 5.91 Å². The van der Waals surface area contributed by atoms with Crippen LogP contribution in [0.4, 0.5) is 10.5 Å². The number of carbonyl (C=O) groups excluding carboxylic acids is 2. The van der Waals surface area contributed by atoms with Crippen LogP contribution in [0.3, 0.4) is 0 Å². The minimum atomic E-state index is -0.667. The maximum Gasteiger partial charge on any atom is 0.316 e. The van der Waals surface area contributed by atoms with Gasteiger partial charge in [-0.05, 0) is 30.5 Å². The van der Waals surface area contributed by atoms with Gasteiger partial charge in [0.25, 0.3) is 5.91 Å². The third-order valence-electron chi connectivity index (χ3n) is 3.03. The van der Waals surface area contributed by atoms with Gasteiger partial charge in [0.05, 0.1) is 11.9 Å². The van der Waals surface area contributed by atoms with Crippen molar-refractivity contribution in [3.05, 3.63) is 59.9 Å². The lowest BCUT2D eigenvalue weighted by molar-refractivity contribution is 0.0948. The highest BCUT2D eigenvalue weighted by Crippen LogP contribution is 2.06. The van der Waals surface area contributed by atoms with Gasteiger partial charge < -0.3 is 16.4 Å². The number of benzene rings is 1. The number of nitrogens with two attached hydrogens (primary N) is 1. The van der Waals surface area contributed by atoms with E-state index in [0.717, 1.165) is 12.8 Å². The first kappa shape index (κ1) is 15.5. The van der Waals surface area contributed by atoms with Crippen molar-refractivity contribution in [3.8, 4) is 0 Å². The van der Waals surface area contributed by atoms with Crippen LogP contribution in [0.25, 0.3) is 0 Å². The van der Waals surface area contributed by atoms with Gasteiger partial charge in [0.2, 0.25) is 0 Å². The minimum Gasteiger partial charge on any atom is -0.351 e. The number of rotatable bonds is 6. The smallest absolute Gasteiger partial charge is 0.316 e. The third kappa shape index (κ3) is 4.90. The van der Waals surface area contributed by atoms with E-state index >= 15 is 0 Å². The van der Waals surface area contributed by atoms with E-state index in [1.54, 1.807) is 6.07 Å². The Morgan fingerprint density at radius 1 is 1.09 bits per heavy atom. The summed E-state index contributed by atoms with van der Waals surface area (Å²) in [7, 11) is 0. The number of aryl methyl sites for hydroxylation is 1. The molecule has 3 amide bonds. The Kier molecular flexibility index (Phi) is 5.48. The normalized spacial score (nSPS) is 10.0. The number of urea groups is 1. The van der Waals surface area contributed by atoms with Gasteiger partial charge in [0.15, 0.2) is 0 Å². The monoisotopic (exact) mass is 298 g/mol. The zero-order valence-corrected chi connectivity index (χ0v) is 12.1. The lowest BCUT2D eigenvalue weighted by atomic mass is 10.1. The van der Waals surface area contributed by atoms with Crippen molar-refractivity contribution in [2.24, 2.45) is 5.73 Å². The summed E-state index contributed by atoms with van der Waals surface area (Å²) in [5, 5.41) is 5.20. The Balaban J connectivity index is 1.76. The number of hydrogen-bond acceptors (Lipinski definition) is 3. The fourth-order valence-corrected chi connectivity index (χ4v) is 1.97. The second kappa shape index (κ2) is 7.78. The number of primary amides is 1. The molecule has 6 heteroatoms. The van der Waals surface area contributed by atoms with Crippen LogP contribution < -0.4 is 16.4 Å².